The molecule has 2 unspecified atom stereocenters. The Kier molecular flexibility index (Phi) is 6.12. The average Bonchev–Trinajstić information content (AvgIpc) is 2.55. The van der Waals surface area contributed by atoms with Crippen LogP contribution >= 0.6 is 11.8 Å². The quantitative estimate of drug-likeness (QED) is 0.797. The number of pyridine rings is 1. The summed E-state index contributed by atoms with van der Waals surface area (Å²) in [5.74, 6) is -0.576. The number of carbonyl (C=O) groups is 1. The number of aromatic nitrogens is 1. The van der Waals surface area contributed by atoms with Gasteiger partial charge in [0.25, 0.3) is 5.91 Å². The lowest BCUT2D eigenvalue weighted by molar-refractivity contribution is 0.0916. The molecule has 0 aliphatic carbocycles. The first-order valence-electron chi connectivity index (χ1n) is 7.24. The van der Waals surface area contributed by atoms with Crippen LogP contribution in [0.25, 0.3) is 0 Å². The third kappa shape index (κ3) is 5.04. The van der Waals surface area contributed by atoms with E-state index in [1.165, 1.54) is 30.1 Å². The van der Waals surface area contributed by atoms with Crippen LogP contribution in [0.4, 0.5) is 4.39 Å². The number of hydrogen-bond acceptors (Lipinski definition) is 4. The fourth-order valence-corrected chi connectivity index (χ4v) is 2.52. The number of nitrogens with one attached hydrogen (secondary N) is 1. The van der Waals surface area contributed by atoms with Crippen molar-refractivity contribution in [3.05, 3.63) is 59.5 Å². The summed E-state index contributed by atoms with van der Waals surface area (Å²) in [6, 6.07) is 8.97. The predicted molar refractivity (Wildman–Crippen MR) is 88.9 cm³/mol. The molecular formula is C17H19FN2O2S. The molecule has 0 saturated carbocycles. The van der Waals surface area contributed by atoms with Gasteiger partial charge in [-0.2, -0.15) is 0 Å². The lowest BCUT2D eigenvalue weighted by Crippen LogP contribution is -2.33. The monoisotopic (exact) mass is 334 g/mol. The van der Waals surface area contributed by atoms with Gasteiger partial charge >= 0.3 is 0 Å². The summed E-state index contributed by atoms with van der Waals surface area (Å²) in [6.45, 7) is 1.81. The standard InChI is InChI=1S/C17H19FN2O2S/c1-11(9-15(21)12-3-6-14(18)7-4-12)20-17(22)13-5-8-16(23-2)19-10-13/h3-8,10-11,15,21H,9H2,1-2H3,(H,20,22). The number of carbonyl (C=O) groups excluding carboxylic acids is 1. The summed E-state index contributed by atoms with van der Waals surface area (Å²) >= 11 is 1.51. The van der Waals surface area contributed by atoms with Crippen molar-refractivity contribution in [3.63, 3.8) is 0 Å². The molecule has 4 nitrogen and oxygen atoms in total. The fraction of sp³-hybridized carbons (Fsp3) is 0.294. The number of aliphatic hydroxyl groups is 1. The molecule has 0 radical (unpaired) electrons. The van der Waals surface area contributed by atoms with Crippen molar-refractivity contribution in [1.82, 2.24) is 10.3 Å². The van der Waals surface area contributed by atoms with E-state index in [0.29, 0.717) is 17.5 Å². The number of nitrogens with zero attached hydrogens (tertiary/aromatic N) is 1. The molecule has 2 rings (SSSR count). The summed E-state index contributed by atoms with van der Waals surface area (Å²) in [5.41, 5.74) is 1.10. The van der Waals surface area contributed by atoms with Gasteiger partial charge in [0.05, 0.1) is 16.7 Å². The van der Waals surface area contributed by atoms with E-state index in [9.17, 15) is 14.3 Å². The topological polar surface area (TPSA) is 62.2 Å². The van der Waals surface area contributed by atoms with E-state index < -0.39 is 6.10 Å². The van der Waals surface area contributed by atoms with E-state index in [2.05, 4.69) is 10.3 Å². The van der Waals surface area contributed by atoms with Crippen LogP contribution in [-0.4, -0.2) is 28.3 Å². The Bertz CT molecular complexity index is 647. The van der Waals surface area contributed by atoms with E-state index in [1.807, 2.05) is 13.2 Å². The third-order valence-electron chi connectivity index (χ3n) is 3.42. The molecule has 0 bridgehead atoms. The van der Waals surface area contributed by atoms with Gasteiger partial charge in [0.2, 0.25) is 0 Å². The number of aliphatic hydroxyl groups excluding tert-OH is 1. The second-order valence-electron chi connectivity index (χ2n) is 5.27. The summed E-state index contributed by atoms with van der Waals surface area (Å²) in [6.07, 6.45) is 3.03. The minimum atomic E-state index is -0.761. The van der Waals surface area contributed by atoms with Crippen LogP contribution in [0, 0.1) is 5.82 Å². The average molecular weight is 334 g/mol. The zero-order valence-electron chi connectivity index (χ0n) is 13.0. The SMILES string of the molecule is CSc1ccc(C(=O)NC(C)CC(O)c2ccc(F)cc2)cn1. The van der Waals surface area contributed by atoms with Gasteiger partial charge in [-0.15, -0.1) is 11.8 Å². The lowest BCUT2D eigenvalue weighted by Gasteiger charge is -2.18. The van der Waals surface area contributed by atoms with E-state index in [1.54, 1.807) is 24.3 Å². The number of amides is 1. The second kappa shape index (κ2) is 8.08. The Morgan fingerprint density at radius 3 is 2.57 bits per heavy atom. The Hall–Kier alpha value is -1.92. The zero-order chi connectivity index (χ0) is 16.8. The number of benzene rings is 1. The third-order valence-corrected chi connectivity index (χ3v) is 4.08. The molecule has 0 aliphatic rings. The molecule has 0 spiro atoms. The summed E-state index contributed by atoms with van der Waals surface area (Å²) in [5, 5.41) is 13.8. The Morgan fingerprint density at radius 1 is 1.30 bits per heavy atom. The highest BCUT2D eigenvalue weighted by Crippen LogP contribution is 2.19. The Morgan fingerprint density at radius 2 is 2.00 bits per heavy atom. The van der Waals surface area contributed by atoms with Gasteiger partial charge in [0.15, 0.2) is 0 Å². The Balaban J connectivity index is 1.91. The minimum Gasteiger partial charge on any atom is -0.388 e. The molecule has 1 heterocycles. The van der Waals surface area contributed by atoms with Crippen LogP contribution in [0.15, 0.2) is 47.6 Å². The van der Waals surface area contributed by atoms with E-state index in [-0.39, 0.29) is 17.8 Å². The maximum Gasteiger partial charge on any atom is 0.253 e. The maximum absolute atomic E-state index is 12.9. The van der Waals surface area contributed by atoms with Gasteiger partial charge in [0, 0.05) is 12.2 Å². The first-order valence-corrected chi connectivity index (χ1v) is 8.46. The van der Waals surface area contributed by atoms with Crippen LogP contribution in [-0.2, 0) is 0 Å². The normalized spacial score (nSPS) is 13.4. The molecule has 2 aromatic rings. The molecule has 6 heteroatoms. The van der Waals surface area contributed by atoms with Crippen molar-refractivity contribution in [3.8, 4) is 0 Å². The van der Waals surface area contributed by atoms with Gasteiger partial charge in [-0.1, -0.05) is 12.1 Å². The van der Waals surface area contributed by atoms with E-state index in [0.717, 1.165) is 5.03 Å². The van der Waals surface area contributed by atoms with Crippen molar-refractivity contribution < 1.29 is 14.3 Å². The highest BCUT2D eigenvalue weighted by atomic mass is 32.2. The summed E-state index contributed by atoms with van der Waals surface area (Å²) < 4.78 is 12.9. The summed E-state index contributed by atoms with van der Waals surface area (Å²) in [7, 11) is 0. The van der Waals surface area contributed by atoms with Crippen molar-refractivity contribution in [2.75, 3.05) is 6.26 Å². The van der Waals surface area contributed by atoms with Crippen molar-refractivity contribution in [2.45, 2.75) is 30.5 Å². The smallest absolute Gasteiger partial charge is 0.253 e. The maximum atomic E-state index is 12.9. The van der Waals surface area contributed by atoms with Crippen LogP contribution in [0.5, 0.6) is 0 Å². The minimum absolute atomic E-state index is 0.232. The van der Waals surface area contributed by atoms with Crippen LogP contribution in [0.3, 0.4) is 0 Å². The molecule has 0 fully saturated rings. The molecule has 1 aromatic carbocycles. The molecule has 0 aliphatic heterocycles. The van der Waals surface area contributed by atoms with Gasteiger partial charge < -0.3 is 10.4 Å². The highest BCUT2D eigenvalue weighted by molar-refractivity contribution is 7.98. The van der Waals surface area contributed by atoms with Gasteiger partial charge in [0.1, 0.15) is 5.82 Å². The van der Waals surface area contributed by atoms with Crippen molar-refractivity contribution in [2.24, 2.45) is 0 Å². The highest BCUT2D eigenvalue weighted by Gasteiger charge is 2.15. The molecule has 122 valence electrons. The summed E-state index contributed by atoms with van der Waals surface area (Å²) in [4.78, 5) is 16.3. The lowest BCUT2D eigenvalue weighted by atomic mass is 10.0. The van der Waals surface area contributed by atoms with Gasteiger partial charge in [-0.25, -0.2) is 9.37 Å². The number of thioether (sulfide) groups is 1. The predicted octanol–water partition coefficient (Wildman–Crippen LogP) is 3.18. The van der Waals surface area contributed by atoms with E-state index >= 15 is 0 Å². The van der Waals surface area contributed by atoms with Crippen LogP contribution in [0.2, 0.25) is 0 Å². The van der Waals surface area contributed by atoms with Crippen LogP contribution in [0.1, 0.15) is 35.4 Å². The van der Waals surface area contributed by atoms with Crippen molar-refractivity contribution in [1.29, 1.82) is 0 Å². The number of rotatable bonds is 6. The zero-order valence-corrected chi connectivity index (χ0v) is 13.8. The van der Waals surface area contributed by atoms with Gasteiger partial charge in [-0.05, 0) is 49.4 Å². The molecule has 1 aromatic heterocycles. The molecule has 2 N–H and O–H groups in total. The molecule has 1 amide bonds. The Labute approximate surface area is 139 Å². The first-order chi connectivity index (χ1) is 11.0. The molecule has 0 saturated heterocycles. The van der Waals surface area contributed by atoms with Crippen LogP contribution < -0.4 is 5.32 Å². The van der Waals surface area contributed by atoms with E-state index in [4.69, 9.17) is 0 Å². The molecule has 23 heavy (non-hydrogen) atoms. The van der Waals surface area contributed by atoms with Crippen molar-refractivity contribution >= 4 is 17.7 Å². The first kappa shape index (κ1) is 17.4. The molecule has 2 atom stereocenters. The number of hydrogen-bond donors (Lipinski definition) is 2. The largest absolute Gasteiger partial charge is 0.388 e. The second-order valence-corrected chi connectivity index (χ2v) is 6.09. The van der Waals surface area contributed by atoms with Gasteiger partial charge in [-0.3, -0.25) is 4.79 Å². The number of halogens is 1. The molecular weight excluding hydrogens is 315 g/mol. The fourth-order valence-electron chi connectivity index (χ4n) is 2.16.